The average molecular weight is 308 g/mol. The van der Waals surface area contributed by atoms with Gasteiger partial charge >= 0.3 is 0 Å². The molecule has 4 rings (SSSR count). The Morgan fingerprint density at radius 2 is 2.00 bits per heavy atom. The number of hydrogen-bond donors (Lipinski definition) is 2. The number of fused-ring (bicyclic) bond motifs is 2. The highest BCUT2D eigenvalue weighted by Crippen LogP contribution is 2.34. The molecule has 0 radical (unpaired) electrons. The molecule has 114 valence electrons. The highest BCUT2D eigenvalue weighted by molar-refractivity contribution is 5.79. The molecule has 23 heavy (non-hydrogen) atoms. The highest BCUT2D eigenvalue weighted by Gasteiger charge is 2.15. The number of hydrogen-bond acceptors (Lipinski definition) is 5. The van der Waals surface area contributed by atoms with Crippen LogP contribution in [0.15, 0.2) is 47.3 Å². The minimum atomic E-state index is -0.365. The average Bonchev–Trinajstić information content (AvgIpc) is 3.03. The highest BCUT2D eigenvalue weighted by atomic mass is 16.7. The Morgan fingerprint density at radius 1 is 1.17 bits per heavy atom. The lowest BCUT2D eigenvalue weighted by Gasteiger charge is -2.03. The van der Waals surface area contributed by atoms with Gasteiger partial charge in [-0.25, -0.2) is 4.98 Å². The van der Waals surface area contributed by atoms with E-state index in [2.05, 4.69) is 9.97 Å². The van der Waals surface area contributed by atoms with E-state index < -0.39 is 0 Å². The molecule has 1 aromatic heterocycles. The van der Waals surface area contributed by atoms with Crippen molar-refractivity contribution >= 4 is 22.9 Å². The molecule has 1 aliphatic heterocycles. The number of aromatic amines is 1. The summed E-state index contributed by atoms with van der Waals surface area (Å²) >= 11 is 0. The summed E-state index contributed by atoms with van der Waals surface area (Å²) in [4.78, 5) is 19.1. The Kier molecular flexibility index (Phi) is 3.01. The van der Waals surface area contributed by atoms with E-state index in [1.54, 1.807) is 30.3 Å². The largest absolute Gasteiger partial charge is 0.507 e. The monoisotopic (exact) mass is 308 g/mol. The molecule has 2 heterocycles. The minimum Gasteiger partial charge on any atom is -0.507 e. The van der Waals surface area contributed by atoms with Crippen molar-refractivity contribution in [3.63, 3.8) is 0 Å². The van der Waals surface area contributed by atoms with Gasteiger partial charge in [0.15, 0.2) is 11.5 Å². The molecule has 2 aromatic carbocycles. The van der Waals surface area contributed by atoms with Crippen molar-refractivity contribution in [2.24, 2.45) is 0 Å². The molecule has 1 aliphatic rings. The molecule has 6 nitrogen and oxygen atoms in total. The summed E-state index contributed by atoms with van der Waals surface area (Å²) in [6.45, 7) is 0.162. The Bertz CT molecular complexity index is 991. The molecule has 0 fully saturated rings. The van der Waals surface area contributed by atoms with Gasteiger partial charge in [-0.3, -0.25) is 4.79 Å². The molecule has 0 saturated heterocycles. The van der Waals surface area contributed by atoms with E-state index in [-0.39, 0.29) is 23.8 Å². The van der Waals surface area contributed by atoms with Crippen LogP contribution in [0.1, 0.15) is 11.3 Å². The zero-order valence-corrected chi connectivity index (χ0v) is 11.9. The zero-order chi connectivity index (χ0) is 15.8. The number of aliphatic hydroxyl groups is 1. The van der Waals surface area contributed by atoms with E-state index in [9.17, 15) is 9.90 Å². The standard InChI is InChI=1S/C17H12N2O4/c20-14(10-5-6-15-16(7-10)23-9-22-15)8-13-17(21)19-12-4-2-1-3-11(12)18-13/h1-8,20H,9H2,(H,19,21). The number of ether oxygens (including phenoxy) is 2. The fourth-order valence-corrected chi connectivity index (χ4v) is 2.41. The van der Waals surface area contributed by atoms with Crippen LogP contribution in [-0.2, 0) is 0 Å². The fraction of sp³-hybridized carbons (Fsp3) is 0.0588. The number of nitrogens with zero attached hydrogens (tertiary/aromatic N) is 1. The van der Waals surface area contributed by atoms with Crippen molar-refractivity contribution in [3.8, 4) is 11.5 Å². The quantitative estimate of drug-likeness (QED) is 0.711. The summed E-state index contributed by atoms with van der Waals surface area (Å²) in [6.07, 6.45) is 1.34. The maximum atomic E-state index is 12.1. The maximum Gasteiger partial charge on any atom is 0.274 e. The van der Waals surface area contributed by atoms with E-state index in [1.165, 1.54) is 6.08 Å². The van der Waals surface area contributed by atoms with Crippen LogP contribution in [0.5, 0.6) is 11.5 Å². The van der Waals surface area contributed by atoms with E-state index in [0.717, 1.165) is 0 Å². The molecular formula is C17H12N2O4. The van der Waals surface area contributed by atoms with Crippen LogP contribution in [0.3, 0.4) is 0 Å². The number of nitrogens with one attached hydrogen (secondary N) is 1. The normalized spacial score (nSPS) is 13.5. The SMILES string of the molecule is O=c1[nH]c2ccccc2nc1C=C(O)c1ccc2c(c1)OCO2. The molecule has 0 bridgehead atoms. The molecule has 0 unspecified atom stereocenters. The fourth-order valence-electron chi connectivity index (χ4n) is 2.41. The molecule has 6 heteroatoms. The van der Waals surface area contributed by atoms with Crippen molar-refractivity contribution in [1.82, 2.24) is 9.97 Å². The molecule has 2 N–H and O–H groups in total. The van der Waals surface area contributed by atoms with E-state index in [1.807, 2.05) is 12.1 Å². The molecule has 0 aliphatic carbocycles. The first-order valence-electron chi connectivity index (χ1n) is 7.00. The van der Waals surface area contributed by atoms with Crippen molar-refractivity contribution in [2.45, 2.75) is 0 Å². The third-order valence-electron chi connectivity index (χ3n) is 3.57. The maximum absolute atomic E-state index is 12.1. The van der Waals surface area contributed by atoms with Gasteiger partial charge in [0.2, 0.25) is 6.79 Å². The summed E-state index contributed by atoms with van der Waals surface area (Å²) in [7, 11) is 0. The lowest BCUT2D eigenvalue weighted by atomic mass is 10.1. The summed E-state index contributed by atoms with van der Waals surface area (Å²) in [6, 6.07) is 12.3. The van der Waals surface area contributed by atoms with Crippen LogP contribution in [-0.4, -0.2) is 21.9 Å². The van der Waals surface area contributed by atoms with Gasteiger partial charge in [-0.2, -0.15) is 0 Å². The van der Waals surface area contributed by atoms with Crippen LogP contribution in [0, 0.1) is 0 Å². The molecule has 0 saturated carbocycles. The first-order chi connectivity index (χ1) is 11.2. The van der Waals surface area contributed by atoms with Gasteiger partial charge in [0.05, 0.1) is 11.0 Å². The van der Waals surface area contributed by atoms with Gasteiger partial charge in [0.25, 0.3) is 5.56 Å². The predicted octanol–water partition coefficient (Wildman–Crippen LogP) is 2.71. The second-order valence-corrected chi connectivity index (χ2v) is 5.07. The first kappa shape index (κ1) is 13.4. The Morgan fingerprint density at radius 3 is 2.91 bits per heavy atom. The lowest BCUT2D eigenvalue weighted by Crippen LogP contribution is -2.12. The van der Waals surface area contributed by atoms with Crippen molar-refractivity contribution < 1.29 is 14.6 Å². The smallest absolute Gasteiger partial charge is 0.274 e. The van der Waals surface area contributed by atoms with Crippen molar-refractivity contribution in [2.75, 3.05) is 6.79 Å². The summed E-state index contributed by atoms with van der Waals surface area (Å²) in [5.74, 6) is 1.11. The molecular weight excluding hydrogens is 296 g/mol. The molecule has 0 atom stereocenters. The first-order valence-corrected chi connectivity index (χ1v) is 7.00. The van der Waals surface area contributed by atoms with Crippen molar-refractivity contribution in [1.29, 1.82) is 0 Å². The number of H-pyrrole nitrogens is 1. The molecule has 0 spiro atoms. The van der Waals surface area contributed by atoms with Crippen molar-refractivity contribution in [3.05, 3.63) is 64.1 Å². The van der Waals surface area contributed by atoms with Crippen LogP contribution in [0.25, 0.3) is 22.9 Å². The van der Waals surface area contributed by atoms with Gasteiger partial charge in [-0.15, -0.1) is 0 Å². The minimum absolute atomic E-state index is 0.0726. The Hall–Kier alpha value is -3.28. The Balaban J connectivity index is 1.77. The number of aliphatic hydroxyl groups excluding tert-OH is 1. The van der Waals surface area contributed by atoms with Crippen LogP contribution >= 0.6 is 0 Å². The van der Waals surface area contributed by atoms with Gasteiger partial charge in [-0.05, 0) is 30.3 Å². The lowest BCUT2D eigenvalue weighted by molar-refractivity contribution is 0.174. The zero-order valence-electron chi connectivity index (χ0n) is 11.9. The third kappa shape index (κ3) is 2.40. The number of rotatable bonds is 2. The van der Waals surface area contributed by atoms with E-state index in [0.29, 0.717) is 28.1 Å². The second kappa shape index (κ2) is 5.17. The Labute approximate surface area is 130 Å². The van der Waals surface area contributed by atoms with Gasteiger partial charge in [-0.1, -0.05) is 12.1 Å². The predicted molar refractivity (Wildman–Crippen MR) is 85.4 cm³/mol. The summed E-state index contributed by atoms with van der Waals surface area (Å²) in [5.41, 5.74) is 1.59. The number of para-hydroxylation sites is 2. The summed E-state index contributed by atoms with van der Waals surface area (Å²) < 4.78 is 10.5. The van der Waals surface area contributed by atoms with E-state index in [4.69, 9.17) is 9.47 Å². The molecule has 3 aromatic rings. The molecule has 0 amide bonds. The van der Waals surface area contributed by atoms with Gasteiger partial charge < -0.3 is 19.6 Å². The van der Waals surface area contributed by atoms with Gasteiger partial charge in [0.1, 0.15) is 11.5 Å². The number of aromatic nitrogens is 2. The summed E-state index contributed by atoms with van der Waals surface area (Å²) in [5, 5.41) is 10.3. The van der Waals surface area contributed by atoms with Gasteiger partial charge in [0, 0.05) is 11.6 Å². The number of benzene rings is 2. The van der Waals surface area contributed by atoms with Crippen LogP contribution < -0.4 is 15.0 Å². The third-order valence-corrected chi connectivity index (χ3v) is 3.57. The van der Waals surface area contributed by atoms with E-state index >= 15 is 0 Å². The van der Waals surface area contributed by atoms with Crippen LogP contribution in [0.4, 0.5) is 0 Å². The second-order valence-electron chi connectivity index (χ2n) is 5.07. The topological polar surface area (TPSA) is 84.4 Å². The van der Waals surface area contributed by atoms with Crippen LogP contribution in [0.2, 0.25) is 0 Å².